The lowest BCUT2D eigenvalue weighted by molar-refractivity contribution is -0.137. The SMILES string of the molecule is Cc1ccn2c(CCCC(=O)O)nc(Br)c2c1. The van der Waals surface area contributed by atoms with Crippen molar-refractivity contribution in [3.8, 4) is 0 Å². The third-order valence-electron chi connectivity index (χ3n) is 2.62. The Hall–Kier alpha value is -1.36. The Morgan fingerprint density at radius 2 is 2.35 bits per heavy atom. The van der Waals surface area contributed by atoms with Crippen LogP contribution in [0.1, 0.15) is 24.2 Å². The predicted octanol–water partition coefficient (Wildman–Crippen LogP) is 2.81. The van der Waals surface area contributed by atoms with Crippen LogP contribution in [0.25, 0.3) is 5.52 Å². The molecular formula is C12H13BrN2O2. The zero-order valence-electron chi connectivity index (χ0n) is 9.48. The van der Waals surface area contributed by atoms with Gasteiger partial charge in [-0.1, -0.05) is 0 Å². The molecule has 0 aliphatic carbocycles. The van der Waals surface area contributed by atoms with Gasteiger partial charge in [-0.15, -0.1) is 0 Å². The number of aryl methyl sites for hydroxylation is 2. The molecule has 0 aliphatic rings. The Morgan fingerprint density at radius 3 is 3.06 bits per heavy atom. The minimum atomic E-state index is -0.763. The topological polar surface area (TPSA) is 54.6 Å². The van der Waals surface area contributed by atoms with Crippen LogP contribution in [0.4, 0.5) is 0 Å². The van der Waals surface area contributed by atoms with E-state index >= 15 is 0 Å². The third-order valence-corrected chi connectivity index (χ3v) is 3.20. The van der Waals surface area contributed by atoms with Crippen molar-refractivity contribution in [1.29, 1.82) is 0 Å². The van der Waals surface area contributed by atoms with E-state index in [1.807, 2.05) is 23.6 Å². The molecule has 2 aromatic rings. The lowest BCUT2D eigenvalue weighted by Crippen LogP contribution is -1.99. The second-order valence-electron chi connectivity index (χ2n) is 4.03. The maximum absolute atomic E-state index is 10.5. The number of nitrogens with zero attached hydrogens (tertiary/aromatic N) is 2. The number of rotatable bonds is 4. The van der Waals surface area contributed by atoms with Crippen LogP contribution in [0.5, 0.6) is 0 Å². The quantitative estimate of drug-likeness (QED) is 0.944. The van der Waals surface area contributed by atoms with Gasteiger partial charge in [0.15, 0.2) is 0 Å². The number of halogens is 1. The lowest BCUT2D eigenvalue weighted by atomic mass is 10.2. The highest BCUT2D eigenvalue weighted by atomic mass is 79.9. The third kappa shape index (κ3) is 2.66. The van der Waals surface area contributed by atoms with Crippen molar-refractivity contribution in [3.05, 3.63) is 34.3 Å². The molecule has 0 radical (unpaired) electrons. The van der Waals surface area contributed by atoms with Gasteiger partial charge in [0.2, 0.25) is 0 Å². The Labute approximate surface area is 107 Å². The Bertz CT molecular complexity index is 563. The number of carboxylic acids is 1. The van der Waals surface area contributed by atoms with Gasteiger partial charge in [0.25, 0.3) is 0 Å². The van der Waals surface area contributed by atoms with Gasteiger partial charge in [-0.3, -0.25) is 4.79 Å². The van der Waals surface area contributed by atoms with E-state index in [1.54, 1.807) is 0 Å². The van der Waals surface area contributed by atoms with E-state index in [-0.39, 0.29) is 6.42 Å². The number of aliphatic carboxylic acids is 1. The maximum atomic E-state index is 10.5. The van der Waals surface area contributed by atoms with Crippen LogP contribution in [-0.4, -0.2) is 20.5 Å². The van der Waals surface area contributed by atoms with Crippen molar-refractivity contribution in [2.45, 2.75) is 26.2 Å². The molecule has 0 unspecified atom stereocenters. The zero-order chi connectivity index (χ0) is 12.4. The van der Waals surface area contributed by atoms with Crippen LogP contribution < -0.4 is 0 Å². The fourth-order valence-electron chi connectivity index (χ4n) is 1.79. The highest BCUT2D eigenvalue weighted by Crippen LogP contribution is 2.20. The van der Waals surface area contributed by atoms with Crippen molar-refractivity contribution in [3.63, 3.8) is 0 Å². The van der Waals surface area contributed by atoms with E-state index in [1.165, 1.54) is 5.56 Å². The molecule has 2 aromatic heterocycles. The number of pyridine rings is 1. The normalized spacial score (nSPS) is 10.9. The molecule has 0 saturated carbocycles. The van der Waals surface area contributed by atoms with E-state index in [2.05, 4.69) is 27.0 Å². The molecule has 5 heteroatoms. The van der Waals surface area contributed by atoms with Crippen molar-refractivity contribution in [2.24, 2.45) is 0 Å². The van der Waals surface area contributed by atoms with Gasteiger partial charge in [0.1, 0.15) is 10.4 Å². The van der Waals surface area contributed by atoms with Gasteiger partial charge in [-0.05, 0) is 47.0 Å². The summed E-state index contributed by atoms with van der Waals surface area (Å²) in [5, 5.41) is 8.61. The second-order valence-corrected chi connectivity index (χ2v) is 4.78. The smallest absolute Gasteiger partial charge is 0.303 e. The van der Waals surface area contributed by atoms with Gasteiger partial charge >= 0.3 is 5.97 Å². The van der Waals surface area contributed by atoms with Crippen molar-refractivity contribution in [2.75, 3.05) is 0 Å². The summed E-state index contributed by atoms with van der Waals surface area (Å²) in [6.07, 6.45) is 3.42. The lowest BCUT2D eigenvalue weighted by Gasteiger charge is -2.00. The molecule has 0 aliphatic heterocycles. The molecule has 0 fully saturated rings. The number of fused-ring (bicyclic) bond motifs is 1. The minimum absolute atomic E-state index is 0.179. The summed E-state index contributed by atoms with van der Waals surface area (Å²) in [6.45, 7) is 2.03. The molecule has 0 spiro atoms. The first-order valence-corrected chi connectivity index (χ1v) is 6.22. The summed E-state index contributed by atoms with van der Waals surface area (Å²) >= 11 is 3.42. The largest absolute Gasteiger partial charge is 0.481 e. The number of carboxylic acid groups (broad SMARTS) is 1. The highest BCUT2D eigenvalue weighted by Gasteiger charge is 2.09. The van der Waals surface area contributed by atoms with Crippen LogP contribution in [-0.2, 0) is 11.2 Å². The van der Waals surface area contributed by atoms with E-state index < -0.39 is 5.97 Å². The van der Waals surface area contributed by atoms with Crippen molar-refractivity contribution < 1.29 is 9.90 Å². The van der Waals surface area contributed by atoms with Gasteiger partial charge in [0.05, 0.1) is 5.52 Å². The van der Waals surface area contributed by atoms with E-state index in [0.29, 0.717) is 12.8 Å². The summed E-state index contributed by atoms with van der Waals surface area (Å²) in [6, 6.07) is 4.07. The minimum Gasteiger partial charge on any atom is -0.481 e. The zero-order valence-corrected chi connectivity index (χ0v) is 11.1. The van der Waals surface area contributed by atoms with Crippen molar-refractivity contribution in [1.82, 2.24) is 9.38 Å². The Morgan fingerprint density at radius 1 is 1.59 bits per heavy atom. The molecule has 17 heavy (non-hydrogen) atoms. The number of carbonyl (C=O) groups is 1. The maximum Gasteiger partial charge on any atom is 0.303 e. The molecule has 4 nitrogen and oxygen atoms in total. The molecule has 0 bridgehead atoms. The number of hydrogen-bond acceptors (Lipinski definition) is 2. The standard InChI is InChI=1S/C12H13BrN2O2/c1-8-5-6-15-9(7-8)12(13)14-10(15)3-2-4-11(16)17/h5-7H,2-4H2,1H3,(H,16,17). The fraction of sp³-hybridized carbons (Fsp3) is 0.333. The second kappa shape index (κ2) is 4.87. The number of hydrogen-bond donors (Lipinski definition) is 1. The molecule has 0 saturated heterocycles. The van der Waals surface area contributed by atoms with Crippen molar-refractivity contribution >= 4 is 27.4 Å². The molecule has 0 atom stereocenters. The Kier molecular flexibility index (Phi) is 3.47. The highest BCUT2D eigenvalue weighted by molar-refractivity contribution is 9.10. The van der Waals surface area contributed by atoms with Gasteiger partial charge in [-0.2, -0.15) is 0 Å². The van der Waals surface area contributed by atoms with E-state index in [4.69, 9.17) is 5.11 Å². The Balaban J connectivity index is 2.26. The van der Waals surface area contributed by atoms with E-state index in [0.717, 1.165) is 15.9 Å². The van der Waals surface area contributed by atoms with Crippen LogP contribution in [0.3, 0.4) is 0 Å². The molecule has 2 rings (SSSR count). The van der Waals surface area contributed by atoms with Crippen LogP contribution in [0, 0.1) is 6.92 Å². The molecule has 1 N–H and O–H groups in total. The summed E-state index contributed by atoms with van der Waals surface area (Å²) < 4.78 is 2.81. The summed E-state index contributed by atoms with van der Waals surface area (Å²) in [7, 11) is 0. The summed E-state index contributed by atoms with van der Waals surface area (Å²) in [5.41, 5.74) is 2.20. The fourth-order valence-corrected chi connectivity index (χ4v) is 2.30. The summed E-state index contributed by atoms with van der Waals surface area (Å²) in [5.74, 6) is 0.133. The van der Waals surface area contributed by atoms with Gasteiger partial charge < -0.3 is 9.51 Å². The first kappa shape index (κ1) is 12.1. The number of imidazole rings is 1. The average molecular weight is 297 g/mol. The van der Waals surface area contributed by atoms with Crippen LogP contribution in [0.2, 0.25) is 0 Å². The number of aromatic nitrogens is 2. The monoisotopic (exact) mass is 296 g/mol. The molecule has 2 heterocycles. The molecule has 90 valence electrons. The summed E-state index contributed by atoms with van der Waals surface area (Å²) in [4.78, 5) is 14.9. The molecular weight excluding hydrogens is 284 g/mol. The first-order chi connectivity index (χ1) is 8.08. The van der Waals surface area contributed by atoms with Crippen LogP contribution >= 0.6 is 15.9 Å². The average Bonchev–Trinajstić information content (AvgIpc) is 2.55. The predicted molar refractivity (Wildman–Crippen MR) is 68.2 cm³/mol. The van der Waals surface area contributed by atoms with Gasteiger partial charge in [-0.25, -0.2) is 4.98 Å². The van der Waals surface area contributed by atoms with Crippen LogP contribution in [0.15, 0.2) is 22.9 Å². The molecule has 0 aromatic carbocycles. The first-order valence-electron chi connectivity index (χ1n) is 5.43. The molecule has 0 amide bonds. The van der Waals surface area contributed by atoms with E-state index in [9.17, 15) is 4.79 Å². The van der Waals surface area contributed by atoms with Gasteiger partial charge in [0, 0.05) is 19.0 Å².